The number of fused-ring (bicyclic) bond motifs is 1. The van der Waals surface area contributed by atoms with Crippen molar-refractivity contribution >= 4 is 22.5 Å². The Morgan fingerprint density at radius 1 is 1.00 bits per heavy atom. The molecule has 34 heavy (non-hydrogen) atoms. The molecule has 2 aromatic heterocycles. The molecule has 3 aromatic rings. The highest BCUT2D eigenvalue weighted by Gasteiger charge is 2.13. The van der Waals surface area contributed by atoms with E-state index in [2.05, 4.69) is 56.4 Å². The highest BCUT2D eigenvalue weighted by Crippen LogP contribution is 2.21. The number of aryl methyl sites for hydroxylation is 1. The molecule has 7 heteroatoms. The van der Waals surface area contributed by atoms with Crippen molar-refractivity contribution in [2.24, 2.45) is 0 Å². The van der Waals surface area contributed by atoms with Crippen molar-refractivity contribution in [3.63, 3.8) is 0 Å². The van der Waals surface area contributed by atoms with Gasteiger partial charge in [0.2, 0.25) is 5.91 Å². The minimum Gasteiger partial charge on any atom is -0.347 e. The molecule has 1 aromatic carbocycles. The number of nitrogens with zero attached hydrogens (tertiary/aromatic N) is 5. The number of carbonyl (C=O) groups is 1. The van der Waals surface area contributed by atoms with Crippen LogP contribution < -0.4 is 5.32 Å². The Morgan fingerprint density at radius 3 is 2.62 bits per heavy atom. The molecule has 4 rings (SSSR count). The average Bonchev–Trinajstić information content (AvgIpc) is 3.34. The third-order valence-electron chi connectivity index (χ3n) is 6.78. The number of hydrogen-bond acceptors (Lipinski definition) is 4. The fraction of sp³-hybridized carbons (Fsp3) is 0.593. The number of unbranched alkanes of at least 4 members (excludes halogenated alkanes) is 5. The van der Waals surface area contributed by atoms with E-state index in [0.29, 0.717) is 0 Å². The van der Waals surface area contributed by atoms with E-state index in [1.165, 1.54) is 69.7 Å². The fourth-order valence-electron chi connectivity index (χ4n) is 4.89. The molecule has 1 aliphatic heterocycles. The number of hydrogen-bond donors (Lipinski definition) is 1. The van der Waals surface area contributed by atoms with Gasteiger partial charge in [0.25, 0.3) is 0 Å². The number of benzene rings is 1. The molecule has 0 saturated carbocycles. The summed E-state index contributed by atoms with van der Waals surface area (Å²) >= 11 is 0. The normalized spacial score (nSPS) is 15.0. The molecule has 7 nitrogen and oxygen atoms in total. The quantitative estimate of drug-likeness (QED) is 0.354. The SMILES string of the molecule is CCCCCCCCn1ccc2cc(NC(=O)Cn3cc(CN4CCCCCC4)nn3)ccc21. The lowest BCUT2D eigenvalue weighted by atomic mass is 10.1. The molecule has 0 spiro atoms. The number of likely N-dealkylation sites (tertiary alicyclic amines) is 1. The van der Waals surface area contributed by atoms with Crippen molar-refractivity contribution in [2.75, 3.05) is 18.4 Å². The Morgan fingerprint density at radius 2 is 1.79 bits per heavy atom. The summed E-state index contributed by atoms with van der Waals surface area (Å²) in [5.74, 6) is -0.0860. The summed E-state index contributed by atoms with van der Waals surface area (Å²) in [7, 11) is 0. The van der Waals surface area contributed by atoms with Crippen LogP contribution in [0, 0.1) is 0 Å². The second-order valence-electron chi connectivity index (χ2n) is 9.70. The van der Waals surface area contributed by atoms with Gasteiger partial charge in [-0.25, -0.2) is 4.68 Å². The Hall–Kier alpha value is -2.67. The topological polar surface area (TPSA) is 68.0 Å². The molecule has 1 fully saturated rings. The number of nitrogens with one attached hydrogen (secondary N) is 1. The van der Waals surface area contributed by atoms with Crippen LogP contribution in [0.4, 0.5) is 5.69 Å². The van der Waals surface area contributed by atoms with Crippen molar-refractivity contribution in [2.45, 2.75) is 90.8 Å². The fourth-order valence-corrected chi connectivity index (χ4v) is 4.89. The molecule has 1 aliphatic rings. The van der Waals surface area contributed by atoms with E-state index in [1.54, 1.807) is 4.68 Å². The van der Waals surface area contributed by atoms with Crippen LogP contribution in [-0.4, -0.2) is 43.5 Å². The first kappa shape index (κ1) is 24.5. The minimum absolute atomic E-state index is 0.0860. The van der Waals surface area contributed by atoms with E-state index in [0.717, 1.165) is 42.9 Å². The number of carbonyl (C=O) groups excluding carboxylic acids is 1. The third kappa shape index (κ3) is 7.16. The van der Waals surface area contributed by atoms with Crippen LogP contribution >= 0.6 is 0 Å². The van der Waals surface area contributed by atoms with Crippen LogP contribution in [0.15, 0.2) is 36.7 Å². The van der Waals surface area contributed by atoms with Crippen LogP contribution in [0.5, 0.6) is 0 Å². The average molecular weight is 465 g/mol. The van der Waals surface area contributed by atoms with E-state index >= 15 is 0 Å². The molecule has 0 unspecified atom stereocenters. The Bertz CT molecular complexity index is 1030. The molecular weight excluding hydrogens is 424 g/mol. The van der Waals surface area contributed by atoms with Gasteiger partial charge in [-0.05, 0) is 56.6 Å². The molecule has 1 amide bonds. The summed E-state index contributed by atoms with van der Waals surface area (Å²) in [6.45, 7) is 6.53. The Labute approximate surface area is 203 Å². The zero-order valence-corrected chi connectivity index (χ0v) is 20.7. The summed E-state index contributed by atoms with van der Waals surface area (Å²) in [6.07, 6.45) is 17.0. The molecule has 0 aliphatic carbocycles. The summed E-state index contributed by atoms with van der Waals surface area (Å²) in [5.41, 5.74) is 2.98. The van der Waals surface area contributed by atoms with Crippen molar-refractivity contribution in [1.82, 2.24) is 24.5 Å². The van der Waals surface area contributed by atoms with Crippen LogP contribution in [0.25, 0.3) is 10.9 Å². The largest absolute Gasteiger partial charge is 0.347 e. The summed E-state index contributed by atoms with van der Waals surface area (Å²) in [5, 5.41) is 12.6. The van der Waals surface area contributed by atoms with Crippen molar-refractivity contribution in [3.05, 3.63) is 42.4 Å². The van der Waals surface area contributed by atoms with Crippen LogP contribution in [0.1, 0.15) is 76.8 Å². The van der Waals surface area contributed by atoms with Gasteiger partial charge < -0.3 is 9.88 Å². The lowest BCUT2D eigenvalue weighted by molar-refractivity contribution is -0.116. The lowest BCUT2D eigenvalue weighted by Crippen LogP contribution is -2.24. The molecule has 0 bridgehead atoms. The van der Waals surface area contributed by atoms with Crippen molar-refractivity contribution < 1.29 is 4.79 Å². The summed E-state index contributed by atoms with van der Waals surface area (Å²) < 4.78 is 3.96. The van der Waals surface area contributed by atoms with Gasteiger partial charge in [-0.3, -0.25) is 9.69 Å². The van der Waals surface area contributed by atoms with Crippen LogP contribution in [0.3, 0.4) is 0 Å². The predicted molar refractivity (Wildman–Crippen MR) is 138 cm³/mol. The molecule has 184 valence electrons. The molecule has 1 saturated heterocycles. The van der Waals surface area contributed by atoms with Crippen LogP contribution in [0.2, 0.25) is 0 Å². The summed E-state index contributed by atoms with van der Waals surface area (Å²) in [4.78, 5) is 15.0. The zero-order chi connectivity index (χ0) is 23.6. The highest BCUT2D eigenvalue weighted by molar-refractivity contribution is 5.93. The van der Waals surface area contributed by atoms with Gasteiger partial charge in [0, 0.05) is 35.9 Å². The monoisotopic (exact) mass is 464 g/mol. The second-order valence-corrected chi connectivity index (χ2v) is 9.70. The molecular formula is C27H40N6O. The maximum atomic E-state index is 12.6. The van der Waals surface area contributed by atoms with Gasteiger partial charge in [-0.1, -0.05) is 57.1 Å². The van der Waals surface area contributed by atoms with Gasteiger partial charge in [-0.15, -0.1) is 5.10 Å². The number of amides is 1. The van der Waals surface area contributed by atoms with E-state index in [9.17, 15) is 4.79 Å². The standard InChI is InChI=1S/C27H40N6O/c1-2-3-4-5-6-11-17-32-18-14-23-19-24(12-13-26(23)32)28-27(34)22-33-21-25(29-30-33)20-31-15-9-7-8-10-16-31/h12-14,18-19,21H,2-11,15-17,20,22H2,1H3,(H,28,34). The van der Waals surface area contributed by atoms with Gasteiger partial charge in [-0.2, -0.15) is 0 Å². The molecule has 0 atom stereocenters. The van der Waals surface area contributed by atoms with Crippen molar-refractivity contribution in [1.29, 1.82) is 0 Å². The minimum atomic E-state index is -0.0860. The number of rotatable bonds is 12. The maximum absolute atomic E-state index is 12.6. The van der Waals surface area contributed by atoms with Gasteiger partial charge in [0.1, 0.15) is 6.54 Å². The first-order valence-corrected chi connectivity index (χ1v) is 13.2. The first-order chi connectivity index (χ1) is 16.7. The van der Waals surface area contributed by atoms with Crippen LogP contribution in [-0.2, 0) is 24.4 Å². The number of anilines is 1. The van der Waals surface area contributed by atoms with E-state index in [-0.39, 0.29) is 12.5 Å². The maximum Gasteiger partial charge on any atom is 0.246 e. The first-order valence-electron chi connectivity index (χ1n) is 13.2. The van der Waals surface area contributed by atoms with Crippen molar-refractivity contribution in [3.8, 4) is 0 Å². The molecule has 1 N–H and O–H groups in total. The van der Waals surface area contributed by atoms with Gasteiger partial charge in [0.05, 0.1) is 11.9 Å². The lowest BCUT2D eigenvalue weighted by Gasteiger charge is -2.17. The zero-order valence-electron chi connectivity index (χ0n) is 20.7. The predicted octanol–water partition coefficient (Wildman–Crippen LogP) is 5.61. The smallest absolute Gasteiger partial charge is 0.246 e. The molecule has 0 radical (unpaired) electrons. The molecule has 3 heterocycles. The van der Waals surface area contributed by atoms with E-state index in [4.69, 9.17) is 0 Å². The van der Waals surface area contributed by atoms with E-state index in [1.807, 2.05) is 12.3 Å². The van der Waals surface area contributed by atoms with E-state index < -0.39 is 0 Å². The Kier molecular flexibility index (Phi) is 9.13. The third-order valence-corrected chi connectivity index (χ3v) is 6.78. The second kappa shape index (κ2) is 12.7. The Balaban J connectivity index is 1.25. The highest BCUT2D eigenvalue weighted by atomic mass is 16.2. The van der Waals surface area contributed by atoms with Gasteiger partial charge in [0.15, 0.2) is 0 Å². The summed E-state index contributed by atoms with van der Waals surface area (Å²) in [6, 6.07) is 8.28. The van der Waals surface area contributed by atoms with Gasteiger partial charge >= 0.3 is 0 Å². The number of aromatic nitrogens is 4.